The van der Waals surface area contributed by atoms with E-state index in [0.29, 0.717) is 17.9 Å². The molecule has 0 spiro atoms. The smallest absolute Gasteiger partial charge is 0.115 e. The van der Waals surface area contributed by atoms with E-state index in [0.717, 1.165) is 32.4 Å². The van der Waals surface area contributed by atoms with Crippen LogP contribution in [0.3, 0.4) is 0 Å². The molecule has 0 aromatic heterocycles. The van der Waals surface area contributed by atoms with Crippen molar-refractivity contribution in [2.75, 3.05) is 13.2 Å². The Bertz CT molecular complexity index is 335. The van der Waals surface area contributed by atoms with Gasteiger partial charge in [-0.3, -0.25) is 0 Å². The van der Waals surface area contributed by atoms with Crippen LogP contribution in [0.5, 0.6) is 5.75 Å². The van der Waals surface area contributed by atoms with E-state index >= 15 is 0 Å². The first kappa shape index (κ1) is 16.0. The maximum Gasteiger partial charge on any atom is 0.115 e. The highest BCUT2D eigenvalue weighted by Crippen LogP contribution is 2.11. The average molecular weight is 265 g/mol. The topological polar surface area (TPSA) is 41.5 Å². The summed E-state index contributed by atoms with van der Waals surface area (Å²) < 4.78 is 5.50. The van der Waals surface area contributed by atoms with Crippen molar-refractivity contribution in [3.63, 3.8) is 0 Å². The molecule has 0 saturated carbocycles. The number of nitrogens with one attached hydrogen (secondary N) is 1. The minimum atomic E-state index is 0.326. The predicted molar refractivity (Wildman–Crippen MR) is 79.6 cm³/mol. The van der Waals surface area contributed by atoms with Crippen LogP contribution >= 0.6 is 0 Å². The molecule has 1 rings (SSSR count). The van der Waals surface area contributed by atoms with Gasteiger partial charge >= 0.3 is 0 Å². The Morgan fingerprint density at radius 3 is 2.47 bits per heavy atom. The van der Waals surface area contributed by atoms with E-state index in [9.17, 15) is 5.11 Å². The van der Waals surface area contributed by atoms with Crippen LogP contribution in [-0.4, -0.2) is 30.4 Å². The van der Waals surface area contributed by atoms with Crippen molar-refractivity contribution in [2.45, 2.75) is 52.2 Å². The molecule has 0 amide bonds. The number of rotatable bonds is 9. The number of hydrogen-bond acceptors (Lipinski definition) is 3. The van der Waals surface area contributed by atoms with Crippen LogP contribution in [0.25, 0.3) is 0 Å². The summed E-state index contributed by atoms with van der Waals surface area (Å²) in [7, 11) is 0. The number of phenols is 1. The number of hydrogen-bond donors (Lipinski definition) is 2. The van der Waals surface area contributed by atoms with Crippen LogP contribution in [0, 0.1) is 0 Å². The van der Waals surface area contributed by atoms with Gasteiger partial charge in [-0.15, -0.1) is 0 Å². The zero-order valence-electron chi connectivity index (χ0n) is 12.4. The molecular formula is C16H27NO2. The highest BCUT2D eigenvalue weighted by molar-refractivity contribution is 5.25. The van der Waals surface area contributed by atoms with E-state index in [1.807, 2.05) is 12.1 Å². The van der Waals surface area contributed by atoms with Gasteiger partial charge in [0.05, 0.1) is 6.10 Å². The van der Waals surface area contributed by atoms with Crippen molar-refractivity contribution < 1.29 is 9.84 Å². The number of aryl methyl sites for hydroxylation is 1. The first-order valence-electron chi connectivity index (χ1n) is 7.21. The van der Waals surface area contributed by atoms with Gasteiger partial charge in [-0.1, -0.05) is 12.1 Å². The lowest BCUT2D eigenvalue weighted by atomic mass is 10.1. The second kappa shape index (κ2) is 8.94. The Hall–Kier alpha value is -1.06. The normalized spacial score (nSPS) is 12.8. The lowest BCUT2D eigenvalue weighted by Gasteiger charge is -2.14. The molecule has 2 N–H and O–H groups in total. The Labute approximate surface area is 117 Å². The minimum absolute atomic E-state index is 0.326. The van der Waals surface area contributed by atoms with E-state index in [1.165, 1.54) is 5.56 Å². The number of aromatic hydroxyl groups is 1. The molecule has 0 aliphatic carbocycles. The molecule has 1 aromatic carbocycles. The summed E-state index contributed by atoms with van der Waals surface area (Å²) in [5.41, 5.74) is 1.27. The average Bonchev–Trinajstić information content (AvgIpc) is 2.37. The second-order valence-electron chi connectivity index (χ2n) is 5.33. The van der Waals surface area contributed by atoms with Gasteiger partial charge in [0.25, 0.3) is 0 Å². The van der Waals surface area contributed by atoms with Crippen LogP contribution in [-0.2, 0) is 11.2 Å². The molecule has 0 heterocycles. The molecular weight excluding hydrogens is 238 g/mol. The van der Waals surface area contributed by atoms with E-state index < -0.39 is 0 Å². The highest BCUT2D eigenvalue weighted by atomic mass is 16.5. The summed E-state index contributed by atoms with van der Waals surface area (Å²) in [6, 6.07) is 7.97. The van der Waals surface area contributed by atoms with Gasteiger partial charge in [0.2, 0.25) is 0 Å². The monoisotopic (exact) mass is 265 g/mol. The number of ether oxygens (including phenoxy) is 1. The van der Waals surface area contributed by atoms with Gasteiger partial charge in [-0.25, -0.2) is 0 Å². The predicted octanol–water partition coefficient (Wildman–Crippen LogP) is 3.12. The van der Waals surface area contributed by atoms with Crippen LogP contribution in [0.15, 0.2) is 24.3 Å². The maximum absolute atomic E-state index is 9.22. The highest BCUT2D eigenvalue weighted by Gasteiger charge is 2.02. The van der Waals surface area contributed by atoms with Crippen molar-refractivity contribution in [2.24, 2.45) is 0 Å². The third-order valence-electron chi connectivity index (χ3n) is 3.07. The fourth-order valence-electron chi connectivity index (χ4n) is 1.89. The zero-order chi connectivity index (χ0) is 14.1. The second-order valence-corrected chi connectivity index (χ2v) is 5.33. The summed E-state index contributed by atoms with van der Waals surface area (Å²) >= 11 is 0. The van der Waals surface area contributed by atoms with Gasteiger partial charge in [-0.05, 0) is 64.3 Å². The van der Waals surface area contributed by atoms with Crippen molar-refractivity contribution in [3.05, 3.63) is 29.8 Å². The summed E-state index contributed by atoms with van der Waals surface area (Å²) in [4.78, 5) is 0. The standard InChI is InChI=1S/C16H27NO2/c1-13(2)19-12-4-11-17-14(3)5-6-15-7-9-16(18)10-8-15/h7-10,13-14,17-18H,4-6,11-12H2,1-3H3. The van der Waals surface area contributed by atoms with E-state index in [1.54, 1.807) is 12.1 Å². The largest absolute Gasteiger partial charge is 0.508 e. The summed E-state index contributed by atoms with van der Waals surface area (Å²) in [5, 5.41) is 12.7. The Kier molecular flexibility index (Phi) is 7.53. The molecule has 1 atom stereocenters. The molecule has 19 heavy (non-hydrogen) atoms. The Morgan fingerprint density at radius 2 is 1.84 bits per heavy atom. The Morgan fingerprint density at radius 1 is 1.16 bits per heavy atom. The van der Waals surface area contributed by atoms with Gasteiger partial charge in [0, 0.05) is 12.6 Å². The van der Waals surface area contributed by atoms with E-state index in [-0.39, 0.29) is 0 Å². The summed E-state index contributed by atoms with van der Waals surface area (Å²) in [6.45, 7) is 8.17. The lowest BCUT2D eigenvalue weighted by Crippen LogP contribution is -2.28. The fourth-order valence-corrected chi connectivity index (χ4v) is 1.89. The van der Waals surface area contributed by atoms with Crippen LogP contribution in [0.1, 0.15) is 39.2 Å². The molecule has 0 fully saturated rings. The summed E-state index contributed by atoms with van der Waals surface area (Å²) in [5.74, 6) is 0.333. The number of benzene rings is 1. The van der Waals surface area contributed by atoms with Crippen molar-refractivity contribution >= 4 is 0 Å². The zero-order valence-corrected chi connectivity index (χ0v) is 12.4. The molecule has 0 radical (unpaired) electrons. The number of phenolic OH excluding ortho intramolecular Hbond substituents is 1. The van der Waals surface area contributed by atoms with Gasteiger partial charge in [0.1, 0.15) is 5.75 Å². The molecule has 1 unspecified atom stereocenters. The van der Waals surface area contributed by atoms with Gasteiger partial charge in [0.15, 0.2) is 0 Å². The van der Waals surface area contributed by atoms with Crippen molar-refractivity contribution in [1.82, 2.24) is 5.32 Å². The third kappa shape index (κ3) is 7.85. The Balaban J connectivity index is 2.07. The molecule has 0 bridgehead atoms. The van der Waals surface area contributed by atoms with Crippen LogP contribution in [0.2, 0.25) is 0 Å². The molecule has 1 aromatic rings. The molecule has 0 aliphatic heterocycles. The first-order chi connectivity index (χ1) is 9.08. The quantitative estimate of drug-likeness (QED) is 0.674. The van der Waals surface area contributed by atoms with Crippen molar-refractivity contribution in [3.8, 4) is 5.75 Å². The fraction of sp³-hybridized carbons (Fsp3) is 0.625. The van der Waals surface area contributed by atoms with E-state index in [4.69, 9.17) is 4.74 Å². The molecule has 3 heteroatoms. The van der Waals surface area contributed by atoms with Crippen LogP contribution < -0.4 is 5.32 Å². The molecule has 3 nitrogen and oxygen atoms in total. The van der Waals surface area contributed by atoms with E-state index in [2.05, 4.69) is 26.1 Å². The lowest BCUT2D eigenvalue weighted by molar-refractivity contribution is 0.0767. The maximum atomic E-state index is 9.22. The SMILES string of the molecule is CC(CCc1ccc(O)cc1)NCCCOC(C)C. The minimum Gasteiger partial charge on any atom is -0.508 e. The van der Waals surface area contributed by atoms with Crippen LogP contribution in [0.4, 0.5) is 0 Å². The third-order valence-corrected chi connectivity index (χ3v) is 3.07. The van der Waals surface area contributed by atoms with Gasteiger partial charge < -0.3 is 15.2 Å². The van der Waals surface area contributed by atoms with Crippen molar-refractivity contribution in [1.29, 1.82) is 0 Å². The van der Waals surface area contributed by atoms with Gasteiger partial charge in [-0.2, -0.15) is 0 Å². The molecule has 0 aliphatic rings. The summed E-state index contributed by atoms with van der Waals surface area (Å²) in [6.07, 6.45) is 3.53. The molecule has 0 saturated heterocycles. The first-order valence-corrected chi connectivity index (χ1v) is 7.21. The molecule has 108 valence electrons.